The molecule has 0 spiro atoms. The number of nitrogen functional groups attached to an aromatic ring is 1. The minimum Gasteiger partial charge on any atom is -0.383 e. The highest BCUT2D eigenvalue weighted by Gasteiger charge is 2.23. The van der Waals surface area contributed by atoms with Gasteiger partial charge in [0.1, 0.15) is 16.5 Å². The predicted molar refractivity (Wildman–Crippen MR) is 110 cm³/mol. The second-order valence-electron chi connectivity index (χ2n) is 7.21. The van der Waals surface area contributed by atoms with Crippen molar-refractivity contribution in [1.82, 2.24) is 19.4 Å². The van der Waals surface area contributed by atoms with Crippen LogP contribution in [-0.4, -0.2) is 19.4 Å². The molecule has 4 rings (SSSR count). The molecule has 3 heterocycles. The molecular formula is C21H19N5S. The average molecular weight is 373 g/mol. The number of fused-ring (bicyclic) bond motifs is 1. The lowest BCUT2D eigenvalue weighted by atomic mass is 9.92. The van der Waals surface area contributed by atoms with E-state index in [1.165, 1.54) is 11.3 Å². The maximum Gasteiger partial charge on any atom is 0.161 e. The topological polar surface area (TPSA) is 69.1 Å². The van der Waals surface area contributed by atoms with E-state index < -0.39 is 0 Å². The van der Waals surface area contributed by atoms with Crippen molar-refractivity contribution >= 4 is 22.8 Å². The molecule has 0 saturated carbocycles. The van der Waals surface area contributed by atoms with E-state index in [4.69, 9.17) is 10.7 Å². The Morgan fingerprint density at radius 3 is 2.59 bits per heavy atom. The van der Waals surface area contributed by atoms with Gasteiger partial charge in [0.25, 0.3) is 0 Å². The largest absolute Gasteiger partial charge is 0.383 e. The van der Waals surface area contributed by atoms with Crippen LogP contribution in [0.15, 0.2) is 48.9 Å². The molecule has 6 heteroatoms. The first-order valence-corrected chi connectivity index (χ1v) is 9.41. The van der Waals surface area contributed by atoms with Gasteiger partial charge < -0.3 is 5.73 Å². The lowest BCUT2D eigenvalue weighted by Gasteiger charge is -2.17. The van der Waals surface area contributed by atoms with Crippen LogP contribution in [0.4, 0.5) is 5.82 Å². The molecule has 0 saturated heterocycles. The summed E-state index contributed by atoms with van der Waals surface area (Å²) >= 11 is 1.49. The number of hydrogen-bond acceptors (Lipinski definition) is 5. The fourth-order valence-electron chi connectivity index (χ4n) is 2.78. The first-order valence-electron chi connectivity index (χ1n) is 8.60. The smallest absolute Gasteiger partial charge is 0.161 e. The third-order valence-corrected chi connectivity index (χ3v) is 5.02. The van der Waals surface area contributed by atoms with Crippen LogP contribution < -0.4 is 5.73 Å². The first kappa shape index (κ1) is 17.3. The van der Waals surface area contributed by atoms with Gasteiger partial charge in [-0.05, 0) is 18.1 Å². The molecule has 0 amide bonds. The van der Waals surface area contributed by atoms with E-state index in [1.807, 2.05) is 40.9 Å². The van der Waals surface area contributed by atoms with Crippen LogP contribution in [0.5, 0.6) is 0 Å². The van der Waals surface area contributed by atoms with Crippen LogP contribution in [0.25, 0.3) is 16.3 Å². The van der Waals surface area contributed by atoms with Crippen LogP contribution in [0, 0.1) is 11.8 Å². The van der Waals surface area contributed by atoms with E-state index in [-0.39, 0.29) is 5.41 Å². The van der Waals surface area contributed by atoms with Crippen molar-refractivity contribution in [2.24, 2.45) is 0 Å². The van der Waals surface area contributed by atoms with E-state index in [9.17, 15) is 0 Å². The van der Waals surface area contributed by atoms with Crippen molar-refractivity contribution < 1.29 is 0 Å². The Morgan fingerprint density at radius 1 is 1.07 bits per heavy atom. The average Bonchev–Trinajstić information content (AvgIpc) is 3.25. The van der Waals surface area contributed by atoms with Gasteiger partial charge in [0.05, 0.1) is 16.8 Å². The number of rotatable bonds is 1. The highest BCUT2D eigenvalue weighted by molar-refractivity contribution is 7.15. The SMILES string of the molecule is CC(C)(C)c1nccn2c(N)c(-c3ncc(C#Cc4ccccc4)s3)nc12. The zero-order chi connectivity index (χ0) is 19.0. The Labute approximate surface area is 161 Å². The standard InChI is InChI=1S/C21H19N5S/c1-21(2,3)17-19-25-16(18(22)26(19)12-11-23-17)20-24-13-15(27-20)10-9-14-7-5-4-6-8-14/h4-8,11-13H,22H2,1-3H3. The van der Waals surface area contributed by atoms with Crippen LogP contribution in [0.3, 0.4) is 0 Å². The van der Waals surface area contributed by atoms with Gasteiger partial charge in [0.15, 0.2) is 5.65 Å². The second-order valence-corrected chi connectivity index (χ2v) is 8.24. The first-order chi connectivity index (χ1) is 12.9. The van der Waals surface area contributed by atoms with Gasteiger partial charge >= 0.3 is 0 Å². The molecule has 0 unspecified atom stereocenters. The highest BCUT2D eigenvalue weighted by atomic mass is 32.1. The summed E-state index contributed by atoms with van der Waals surface area (Å²) in [5.74, 6) is 6.87. The molecule has 1 aromatic carbocycles. The maximum atomic E-state index is 6.36. The number of thiazole rings is 1. The summed E-state index contributed by atoms with van der Waals surface area (Å²) in [6, 6.07) is 9.88. The Balaban J connectivity index is 1.75. The van der Waals surface area contributed by atoms with Gasteiger partial charge in [-0.25, -0.2) is 9.97 Å². The highest BCUT2D eigenvalue weighted by Crippen LogP contribution is 2.32. The zero-order valence-corrected chi connectivity index (χ0v) is 16.2. The van der Waals surface area contributed by atoms with Crippen molar-refractivity contribution in [3.05, 3.63) is 65.1 Å². The summed E-state index contributed by atoms with van der Waals surface area (Å²) in [6.07, 6.45) is 5.36. The minimum atomic E-state index is -0.132. The number of hydrogen-bond donors (Lipinski definition) is 1. The number of imidazole rings is 1. The van der Waals surface area contributed by atoms with Crippen LogP contribution in [-0.2, 0) is 5.41 Å². The summed E-state index contributed by atoms with van der Waals surface area (Å²) in [7, 11) is 0. The number of benzene rings is 1. The third-order valence-electron chi connectivity index (χ3n) is 4.10. The normalized spacial score (nSPS) is 11.4. The van der Waals surface area contributed by atoms with Gasteiger partial charge in [0.2, 0.25) is 0 Å². The molecule has 0 fully saturated rings. The molecule has 5 nitrogen and oxygen atoms in total. The Kier molecular flexibility index (Phi) is 4.17. The van der Waals surface area contributed by atoms with Crippen molar-refractivity contribution in [3.8, 4) is 22.5 Å². The fraction of sp³-hybridized carbons (Fsp3) is 0.190. The molecule has 2 N–H and O–H groups in total. The number of anilines is 1. The number of nitrogens with zero attached hydrogens (tertiary/aromatic N) is 4. The lowest BCUT2D eigenvalue weighted by Crippen LogP contribution is -2.15. The molecular weight excluding hydrogens is 354 g/mol. The summed E-state index contributed by atoms with van der Waals surface area (Å²) in [4.78, 5) is 14.6. The van der Waals surface area contributed by atoms with Gasteiger partial charge in [0, 0.05) is 23.4 Å². The fourth-order valence-corrected chi connectivity index (χ4v) is 3.55. The summed E-state index contributed by atoms with van der Waals surface area (Å²) in [6.45, 7) is 6.33. The second kappa shape index (κ2) is 6.53. The van der Waals surface area contributed by atoms with E-state index in [1.54, 1.807) is 12.4 Å². The molecule has 27 heavy (non-hydrogen) atoms. The number of aromatic nitrogens is 4. The van der Waals surface area contributed by atoms with Gasteiger partial charge in [-0.15, -0.1) is 11.3 Å². The Hall–Kier alpha value is -3.17. The van der Waals surface area contributed by atoms with E-state index >= 15 is 0 Å². The molecule has 0 atom stereocenters. The number of nitrogens with two attached hydrogens (primary N) is 1. The summed E-state index contributed by atoms with van der Waals surface area (Å²) in [5, 5.41) is 0.758. The summed E-state index contributed by atoms with van der Waals surface area (Å²) in [5.41, 5.74) is 9.55. The molecule has 3 aromatic heterocycles. The maximum absolute atomic E-state index is 6.36. The van der Waals surface area contributed by atoms with Gasteiger partial charge in [-0.2, -0.15) is 0 Å². The summed E-state index contributed by atoms with van der Waals surface area (Å²) < 4.78 is 1.87. The predicted octanol–water partition coefficient (Wildman–Crippen LogP) is 4.13. The quantitative estimate of drug-likeness (QED) is 0.509. The van der Waals surface area contributed by atoms with Crippen LogP contribution in [0.1, 0.15) is 36.9 Å². The van der Waals surface area contributed by atoms with Crippen molar-refractivity contribution in [1.29, 1.82) is 0 Å². The van der Waals surface area contributed by atoms with E-state index in [0.717, 1.165) is 26.8 Å². The zero-order valence-electron chi connectivity index (χ0n) is 15.4. The molecule has 0 aliphatic carbocycles. The van der Waals surface area contributed by atoms with E-state index in [0.29, 0.717) is 11.5 Å². The van der Waals surface area contributed by atoms with Crippen LogP contribution in [0.2, 0.25) is 0 Å². The van der Waals surface area contributed by atoms with Crippen molar-refractivity contribution in [3.63, 3.8) is 0 Å². The molecule has 0 aliphatic rings. The molecule has 0 aliphatic heterocycles. The van der Waals surface area contributed by atoms with Crippen LogP contribution >= 0.6 is 11.3 Å². The molecule has 4 aromatic rings. The molecule has 0 bridgehead atoms. The Bertz CT molecular complexity index is 1170. The lowest BCUT2D eigenvalue weighted by molar-refractivity contribution is 0.570. The monoisotopic (exact) mass is 373 g/mol. The Morgan fingerprint density at radius 2 is 1.85 bits per heavy atom. The minimum absolute atomic E-state index is 0.132. The van der Waals surface area contributed by atoms with Crippen molar-refractivity contribution in [2.45, 2.75) is 26.2 Å². The molecule has 0 radical (unpaired) electrons. The van der Waals surface area contributed by atoms with Gasteiger partial charge in [-0.3, -0.25) is 9.38 Å². The van der Waals surface area contributed by atoms with Crippen molar-refractivity contribution in [2.75, 3.05) is 5.73 Å². The molecule has 134 valence electrons. The van der Waals surface area contributed by atoms with Gasteiger partial charge in [-0.1, -0.05) is 44.9 Å². The van der Waals surface area contributed by atoms with E-state index in [2.05, 4.69) is 42.6 Å². The third kappa shape index (κ3) is 3.29.